The van der Waals surface area contributed by atoms with Crippen LogP contribution in [0, 0.1) is 7.14 Å². The Morgan fingerprint density at radius 2 is 0.750 bits per heavy atom. The minimum atomic E-state index is -1.65. The first-order valence-electron chi connectivity index (χ1n) is 16.1. The van der Waals surface area contributed by atoms with Crippen molar-refractivity contribution < 1.29 is 0 Å². The third-order valence-corrected chi connectivity index (χ3v) is 34.3. The Morgan fingerprint density at radius 3 is 1.02 bits per heavy atom. The van der Waals surface area contributed by atoms with E-state index in [-0.39, 0.29) is 0 Å². The molecule has 5 aromatic rings. The van der Waals surface area contributed by atoms with Gasteiger partial charge in [0.25, 0.3) is 0 Å². The highest BCUT2D eigenvalue weighted by atomic mass is 127. The highest BCUT2D eigenvalue weighted by Crippen LogP contribution is 2.50. The molecule has 238 valence electrons. The van der Waals surface area contributed by atoms with Crippen LogP contribution in [-0.2, 0) is 0 Å². The van der Waals surface area contributed by atoms with E-state index in [0.717, 1.165) is 33.2 Å². The fourth-order valence-corrected chi connectivity index (χ4v) is 34.4. The molecule has 0 bridgehead atoms. The van der Waals surface area contributed by atoms with Gasteiger partial charge < -0.3 is 0 Å². The van der Waals surface area contributed by atoms with Gasteiger partial charge in [-0.25, -0.2) is 0 Å². The van der Waals surface area contributed by atoms with Crippen LogP contribution in [0.5, 0.6) is 0 Å². The Morgan fingerprint density at radius 1 is 0.455 bits per heavy atom. The average Bonchev–Trinajstić information content (AvgIpc) is 3.70. The maximum atomic E-state index is 2.64. The maximum Gasteiger partial charge on any atom is 0.107 e. The zero-order valence-electron chi connectivity index (χ0n) is 28.3. The number of fused-ring (bicyclic) bond motifs is 2. The van der Waals surface area contributed by atoms with Crippen LogP contribution in [0.4, 0.5) is 0 Å². The summed E-state index contributed by atoms with van der Waals surface area (Å²) in [6.07, 6.45) is 0. The van der Waals surface area contributed by atoms with Crippen LogP contribution in [0.25, 0.3) is 39.7 Å². The van der Waals surface area contributed by atoms with E-state index in [1.165, 1.54) is 46.8 Å². The Balaban J connectivity index is 1.57. The van der Waals surface area contributed by atoms with Crippen LogP contribution in [0.3, 0.4) is 0 Å². The van der Waals surface area contributed by atoms with Crippen molar-refractivity contribution in [2.45, 2.75) is 116 Å². The lowest BCUT2D eigenvalue weighted by atomic mass is 10.2. The summed E-state index contributed by atoms with van der Waals surface area (Å²) in [6, 6.07) is 14.9. The Labute approximate surface area is 311 Å². The Bertz CT molecular complexity index is 1610. The molecule has 0 N–H and O–H groups in total. The zero-order valence-corrected chi connectivity index (χ0v) is 37.9. The number of rotatable bonds is 10. The van der Waals surface area contributed by atoms with Crippen molar-refractivity contribution in [3.05, 3.63) is 43.5 Å². The van der Waals surface area contributed by atoms with E-state index < -0.39 is 16.1 Å². The summed E-state index contributed by atoms with van der Waals surface area (Å²) in [4.78, 5) is 5.85. The highest BCUT2D eigenvalue weighted by Gasteiger charge is 2.46. The summed E-state index contributed by atoms with van der Waals surface area (Å²) in [5.41, 5.74) is 4.40. The van der Waals surface area contributed by atoms with Gasteiger partial charge in [0.15, 0.2) is 0 Å². The molecule has 0 unspecified atom stereocenters. The summed E-state index contributed by atoms with van der Waals surface area (Å²) in [5, 5.41) is 2.85. The van der Waals surface area contributed by atoms with Crippen LogP contribution >= 0.6 is 90.5 Å². The SMILES string of the molecule is CC(C)[Si](c1ccc(-c2sc3cc4c(I)c(-c5ccc([Si](C(C)C)(C(C)C)C(C)C)s5)sc4cc3c2I)s1)(C(C)C)C(C)C. The van der Waals surface area contributed by atoms with Crippen molar-refractivity contribution in [2.75, 3.05) is 0 Å². The number of halogens is 2. The molecule has 0 aliphatic rings. The Kier molecular flexibility index (Phi) is 10.9. The average molecular weight is 919 g/mol. The summed E-state index contributed by atoms with van der Waals surface area (Å²) in [7, 11) is -3.30. The molecule has 0 saturated carbocycles. The van der Waals surface area contributed by atoms with Crippen LogP contribution in [0.1, 0.15) is 83.1 Å². The third-order valence-electron chi connectivity index (χ3n) is 10.6. The highest BCUT2D eigenvalue weighted by molar-refractivity contribution is 14.1. The lowest BCUT2D eigenvalue weighted by Gasteiger charge is -2.42. The molecule has 1 aromatic carbocycles. The van der Waals surface area contributed by atoms with Gasteiger partial charge in [-0.05, 0) is 112 Å². The molecule has 0 aliphatic carbocycles. The monoisotopic (exact) mass is 918 g/mol. The van der Waals surface area contributed by atoms with Crippen LogP contribution in [-0.4, -0.2) is 16.1 Å². The van der Waals surface area contributed by atoms with Gasteiger partial charge in [-0.2, -0.15) is 0 Å². The molecule has 5 rings (SSSR count). The van der Waals surface area contributed by atoms with Gasteiger partial charge in [-0.1, -0.05) is 95.2 Å². The molecule has 0 saturated heterocycles. The topological polar surface area (TPSA) is 0 Å². The van der Waals surface area contributed by atoms with Crippen LogP contribution in [0.2, 0.25) is 33.2 Å². The predicted molar refractivity (Wildman–Crippen MR) is 231 cm³/mol. The fraction of sp³-hybridized carbons (Fsp3) is 0.500. The molecule has 44 heavy (non-hydrogen) atoms. The van der Waals surface area contributed by atoms with Crippen LogP contribution in [0.15, 0.2) is 36.4 Å². The lowest BCUT2D eigenvalue weighted by molar-refractivity contribution is 0.837. The van der Waals surface area contributed by atoms with E-state index >= 15 is 0 Å². The number of hydrogen-bond acceptors (Lipinski definition) is 4. The first-order valence-corrected chi connectivity index (χ1v) is 26.0. The molecule has 0 amide bonds. The summed E-state index contributed by atoms with van der Waals surface area (Å²) in [6.45, 7) is 29.7. The molecular weight excluding hydrogens is 871 g/mol. The van der Waals surface area contributed by atoms with Gasteiger partial charge in [0, 0.05) is 37.1 Å². The maximum absolute atomic E-state index is 2.64. The molecule has 8 heteroatoms. The smallest absolute Gasteiger partial charge is 0.107 e. The standard InChI is InChI=1S/C36H48I2S4Si2/c1-19(2)43(20(3)4,21(5)6)31-15-13-27(39-31)35-33(37)25-17-30-26(18-29(25)41-35)34(38)36(42-30)28-14-16-32(40-28)44(22(7)8,23(9)10)24(11)12/h13-24H,1-12H3. The molecule has 0 atom stereocenters. The largest absolute Gasteiger partial charge is 0.144 e. The quantitative estimate of drug-likeness (QED) is 0.0967. The molecule has 0 nitrogen and oxygen atoms in total. The van der Waals surface area contributed by atoms with Gasteiger partial charge in [0.1, 0.15) is 16.1 Å². The summed E-state index contributed by atoms with van der Waals surface area (Å²) in [5.74, 6) is 0. The predicted octanol–water partition coefficient (Wildman–Crippen LogP) is 14.6. The van der Waals surface area contributed by atoms with Gasteiger partial charge in [-0.15, -0.1) is 45.3 Å². The molecular formula is C36H48I2S4Si2. The van der Waals surface area contributed by atoms with E-state index in [2.05, 4.69) is 187 Å². The summed E-state index contributed by atoms with van der Waals surface area (Å²) >= 11 is 13.5. The number of benzene rings is 1. The van der Waals surface area contributed by atoms with Crippen LogP contribution < -0.4 is 9.00 Å². The van der Waals surface area contributed by atoms with E-state index in [0.29, 0.717) is 0 Å². The zero-order chi connectivity index (χ0) is 32.5. The summed E-state index contributed by atoms with van der Waals surface area (Å²) < 4.78 is 9.08. The second-order valence-electron chi connectivity index (χ2n) is 14.5. The number of thiophene rings is 4. The first-order chi connectivity index (χ1) is 20.6. The third kappa shape index (κ3) is 5.56. The van der Waals surface area contributed by atoms with E-state index in [1.807, 2.05) is 22.7 Å². The molecule has 0 spiro atoms. The number of hydrogen-bond donors (Lipinski definition) is 0. The van der Waals surface area contributed by atoms with Gasteiger partial charge >= 0.3 is 0 Å². The Hall–Kier alpha value is 0.434. The van der Waals surface area contributed by atoms with Crippen molar-refractivity contribution in [3.8, 4) is 19.5 Å². The minimum Gasteiger partial charge on any atom is -0.144 e. The van der Waals surface area contributed by atoms with Crippen molar-refractivity contribution in [2.24, 2.45) is 0 Å². The second-order valence-corrected chi connectivity index (χ2v) is 33.3. The fourth-order valence-electron chi connectivity index (χ4n) is 9.04. The van der Waals surface area contributed by atoms with E-state index in [9.17, 15) is 0 Å². The van der Waals surface area contributed by atoms with Crippen molar-refractivity contribution in [1.82, 2.24) is 0 Å². The molecule has 0 radical (unpaired) electrons. The molecule has 4 heterocycles. The molecule has 4 aromatic heterocycles. The molecule has 0 aliphatic heterocycles. The van der Waals surface area contributed by atoms with Gasteiger partial charge in [-0.3, -0.25) is 0 Å². The van der Waals surface area contributed by atoms with Gasteiger partial charge in [0.2, 0.25) is 0 Å². The van der Waals surface area contributed by atoms with E-state index in [1.54, 1.807) is 9.00 Å². The lowest BCUT2D eigenvalue weighted by Crippen LogP contribution is -2.54. The minimum absolute atomic E-state index is 0.734. The van der Waals surface area contributed by atoms with Crippen molar-refractivity contribution in [3.63, 3.8) is 0 Å². The van der Waals surface area contributed by atoms with Gasteiger partial charge in [0.05, 0.1) is 9.75 Å². The van der Waals surface area contributed by atoms with Crippen molar-refractivity contribution >= 4 is 136 Å². The second kappa shape index (κ2) is 13.4. The normalized spacial score (nSPS) is 13.5. The molecule has 0 fully saturated rings. The van der Waals surface area contributed by atoms with E-state index in [4.69, 9.17) is 0 Å². The first kappa shape index (κ1) is 35.7. The van der Waals surface area contributed by atoms with Crippen molar-refractivity contribution in [1.29, 1.82) is 0 Å².